The predicted octanol–water partition coefficient (Wildman–Crippen LogP) is 3.75. The van der Waals surface area contributed by atoms with Crippen LogP contribution in [0.25, 0.3) is 0 Å². The Balaban J connectivity index is 1.74. The molecule has 31 heavy (non-hydrogen) atoms. The first kappa shape index (κ1) is 21.6. The quantitative estimate of drug-likeness (QED) is 0.465. The highest BCUT2D eigenvalue weighted by Crippen LogP contribution is 2.38. The maximum Gasteiger partial charge on any atom is 0.260 e. The van der Waals surface area contributed by atoms with E-state index in [2.05, 4.69) is 16.4 Å². The highest BCUT2D eigenvalue weighted by atomic mass is 32.1. The number of hydrogen-bond acceptors (Lipinski definition) is 6. The van der Waals surface area contributed by atoms with E-state index in [0.717, 1.165) is 36.8 Å². The molecule has 4 rings (SSSR count). The average Bonchev–Trinajstić information content (AvgIpc) is 2.78. The Morgan fingerprint density at radius 1 is 1.19 bits per heavy atom. The summed E-state index contributed by atoms with van der Waals surface area (Å²) in [7, 11) is 3.19. The summed E-state index contributed by atoms with van der Waals surface area (Å²) >= 11 is 5.38. The largest absolute Gasteiger partial charge is 0.494 e. The molecule has 0 fully saturated rings. The molecule has 1 aliphatic carbocycles. The average molecular weight is 444 g/mol. The molecule has 2 heterocycles. The lowest BCUT2D eigenvalue weighted by Gasteiger charge is -2.29. The van der Waals surface area contributed by atoms with Gasteiger partial charge in [-0.05, 0) is 74.0 Å². The first-order chi connectivity index (χ1) is 15.0. The van der Waals surface area contributed by atoms with Crippen LogP contribution in [0.3, 0.4) is 0 Å². The van der Waals surface area contributed by atoms with Gasteiger partial charge < -0.3 is 19.9 Å². The molecule has 0 spiro atoms. The topological polar surface area (TPSA) is 88.5 Å². The van der Waals surface area contributed by atoms with Crippen molar-refractivity contribution in [3.63, 3.8) is 0 Å². The molecule has 166 valence electrons. The summed E-state index contributed by atoms with van der Waals surface area (Å²) in [5.74, 6) is 1.16. The lowest BCUT2D eigenvalue weighted by Crippen LogP contribution is -2.35. The molecule has 0 saturated heterocycles. The van der Waals surface area contributed by atoms with Gasteiger partial charge in [0.1, 0.15) is 0 Å². The molecule has 1 atom stereocenters. The smallest absolute Gasteiger partial charge is 0.260 e. The third-order valence-electron chi connectivity index (χ3n) is 6.24. The van der Waals surface area contributed by atoms with Gasteiger partial charge in [-0.15, -0.1) is 0 Å². The fourth-order valence-electron chi connectivity index (χ4n) is 4.57. The number of benzene rings is 1. The van der Waals surface area contributed by atoms with E-state index >= 15 is 0 Å². The standard InChI is InChI=1S/C23H29N3O4S/c1-29-17-12-15-8-10-24-20(16(15)13-18(17)30-2)19-21(27)25-23(31)26(22(19)28)11-9-14-6-4-3-5-7-14/h6,12-13,20,24,28H,3-5,7-11H2,1-2H3,(H,25,27,31)/t20-/m0/s1. The first-order valence-corrected chi connectivity index (χ1v) is 11.2. The number of aromatic nitrogens is 2. The number of H-pyrrole nitrogens is 1. The van der Waals surface area contributed by atoms with Gasteiger partial charge in [0, 0.05) is 13.1 Å². The molecule has 8 heteroatoms. The van der Waals surface area contributed by atoms with Gasteiger partial charge in [-0.3, -0.25) is 14.3 Å². The number of nitrogens with zero attached hydrogens (tertiary/aromatic N) is 1. The zero-order valence-corrected chi connectivity index (χ0v) is 18.8. The number of hydrogen-bond donors (Lipinski definition) is 3. The van der Waals surface area contributed by atoms with E-state index in [0.29, 0.717) is 24.6 Å². The van der Waals surface area contributed by atoms with Crippen LogP contribution in [0.15, 0.2) is 28.6 Å². The lowest BCUT2D eigenvalue weighted by molar-refractivity contribution is 0.352. The molecule has 1 aliphatic heterocycles. The molecule has 0 radical (unpaired) electrons. The van der Waals surface area contributed by atoms with Crippen LogP contribution in [0, 0.1) is 4.77 Å². The van der Waals surface area contributed by atoms with Crippen molar-refractivity contribution in [3.05, 3.63) is 55.6 Å². The Morgan fingerprint density at radius 2 is 1.97 bits per heavy atom. The van der Waals surface area contributed by atoms with Gasteiger partial charge >= 0.3 is 0 Å². The van der Waals surface area contributed by atoms with Crippen LogP contribution in [0.1, 0.15) is 54.8 Å². The van der Waals surface area contributed by atoms with E-state index < -0.39 is 6.04 Å². The summed E-state index contributed by atoms with van der Waals surface area (Å²) < 4.78 is 12.8. The zero-order chi connectivity index (χ0) is 22.0. The minimum absolute atomic E-state index is 0.0784. The van der Waals surface area contributed by atoms with Crippen LogP contribution in [-0.4, -0.2) is 35.4 Å². The van der Waals surface area contributed by atoms with E-state index in [4.69, 9.17) is 21.7 Å². The molecule has 3 N–H and O–H groups in total. The van der Waals surface area contributed by atoms with Gasteiger partial charge in [-0.1, -0.05) is 11.6 Å². The molecule has 1 aromatic carbocycles. The fourth-order valence-corrected chi connectivity index (χ4v) is 4.84. The van der Waals surface area contributed by atoms with Crippen LogP contribution in [-0.2, 0) is 13.0 Å². The number of ether oxygens (including phenoxy) is 2. The van der Waals surface area contributed by atoms with Crippen molar-refractivity contribution in [1.29, 1.82) is 0 Å². The Bertz CT molecular complexity index is 1120. The summed E-state index contributed by atoms with van der Waals surface area (Å²) in [6.45, 7) is 1.21. The maximum absolute atomic E-state index is 12.9. The van der Waals surface area contributed by atoms with Crippen LogP contribution < -0.4 is 20.3 Å². The Labute approximate surface area is 186 Å². The summed E-state index contributed by atoms with van der Waals surface area (Å²) in [6.07, 6.45) is 8.52. The molecule has 2 aliphatic rings. The number of fused-ring (bicyclic) bond motifs is 1. The van der Waals surface area contributed by atoms with Crippen molar-refractivity contribution in [2.45, 2.75) is 51.1 Å². The van der Waals surface area contributed by atoms with E-state index in [9.17, 15) is 9.90 Å². The minimum atomic E-state index is -0.469. The van der Waals surface area contributed by atoms with E-state index in [1.54, 1.807) is 18.8 Å². The molecule has 1 aromatic heterocycles. The number of methoxy groups -OCH3 is 2. The number of aromatic hydroxyl groups is 1. The van der Waals surface area contributed by atoms with E-state index in [1.165, 1.54) is 18.4 Å². The van der Waals surface area contributed by atoms with Gasteiger partial charge in [0.15, 0.2) is 16.3 Å². The molecule has 2 aromatic rings. The zero-order valence-electron chi connectivity index (χ0n) is 18.0. The lowest BCUT2D eigenvalue weighted by atomic mass is 9.90. The highest BCUT2D eigenvalue weighted by Gasteiger charge is 2.29. The van der Waals surface area contributed by atoms with Gasteiger partial charge in [0.05, 0.1) is 25.8 Å². The van der Waals surface area contributed by atoms with Crippen LogP contribution in [0.2, 0.25) is 0 Å². The molecule has 7 nitrogen and oxygen atoms in total. The molecule has 0 amide bonds. The highest BCUT2D eigenvalue weighted by molar-refractivity contribution is 7.71. The van der Waals surface area contributed by atoms with Crippen molar-refractivity contribution >= 4 is 12.2 Å². The van der Waals surface area contributed by atoms with Gasteiger partial charge in [-0.25, -0.2) is 0 Å². The second kappa shape index (κ2) is 9.28. The first-order valence-electron chi connectivity index (χ1n) is 10.8. The van der Waals surface area contributed by atoms with Crippen LogP contribution in [0.5, 0.6) is 17.4 Å². The number of allylic oxidation sites excluding steroid dienone is 2. The van der Waals surface area contributed by atoms with Gasteiger partial charge in [-0.2, -0.15) is 0 Å². The summed E-state index contributed by atoms with van der Waals surface area (Å²) in [5, 5.41) is 14.5. The Morgan fingerprint density at radius 3 is 2.68 bits per heavy atom. The Hall–Kier alpha value is -2.58. The van der Waals surface area contributed by atoms with Crippen molar-refractivity contribution in [2.75, 3.05) is 20.8 Å². The van der Waals surface area contributed by atoms with Crippen LogP contribution >= 0.6 is 12.2 Å². The van der Waals surface area contributed by atoms with Gasteiger partial charge in [0.2, 0.25) is 5.88 Å². The van der Waals surface area contributed by atoms with E-state index in [1.807, 2.05) is 12.1 Å². The SMILES string of the molecule is COc1cc2c(cc1OC)[C@@H](c1c(O)n(CCC3=CCCCC3)c(=S)[nH]c1=O)NCC2. The third-order valence-corrected chi connectivity index (χ3v) is 6.56. The summed E-state index contributed by atoms with van der Waals surface area (Å²) in [6, 6.07) is 3.35. The molecule has 0 saturated carbocycles. The maximum atomic E-state index is 12.9. The predicted molar refractivity (Wildman–Crippen MR) is 122 cm³/mol. The van der Waals surface area contributed by atoms with Crippen molar-refractivity contribution < 1.29 is 14.6 Å². The molecule has 0 unspecified atom stereocenters. The molecule has 0 bridgehead atoms. The fraction of sp³-hybridized carbons (Fsp3) is 0.478. The minimum Gasteiger partial charge on any atom is -0.494 e. The normalized spacial score (nSPS) is 18.3. The monoisotopic (exact) mass is 443 g/mol. The molecular weight excluding hydrogens is 414 g/mol. The van der Waals surface area contributed by atoms with E-state index in [-0.39, 0.29) is 21.8 Å². The van der Waals surface area contributed by atoms with Crippen molar-refractivity contribution in [1.82, 2.24) is 14.9 Å². The number of nitrogens with one attached hydrogen (secondary N) is 2. The third kappa shape index (κ3) is 4.27. The van der Waals surface area contributed by atoms with Crippen molar-refractivity contribution in [3.8, 4) is 17.4 Å². The van der Waals surface area contributed by atoms with Crippen LogP contribution in [0.4, 0.5) is 0 Å². The second-order valence-corrected chi connectivity index (χ2v) is 8.44. The van der Waals surface area contributed by atoms with Gasteiger partial charge in [0.25, 0.3) is 5.56 Å². The summed E-state index contributed by atoms with van der Waals surface area (Å²) in [4.78, 5) is 15.7. The summed E-state index contributed by atoms with van der Waals surface area (Å²) in [5.41, 5.74) is 3.23. The van der Waals surface area contributed by atoms with Crippen molar-refractivity contribution in [2.24, 2.45) is 0 Å². The Kier molecular flexibility index (Phi) is 6.48. The second-order valence-electron chi connectivity index (χ2n) is 8.05. The molecular formula is C23H29N3O4S. The number of aromatic amines is 1. The number of rotatable bonds is 6.